The fraction of sp³-hybridized carbons (Fsp3) is 0.200. The number of hydrogen-bond donors (Lipinski definition) is 0. The van der Waals surface area contributed by atoms with Gasteiger partial charge in [-0.1, -0.05) is 27.3 Å². The summed E-state index contributed by atoms with van der Waals surface area (Å²) in [7, 11) is 1.59. The van der Waals surface area contributed by atoms with E-state index in [1.807, 2.05) is 22.8 Å². The van der Waals surface area contributed by atoms with Crippen LogP contribution < -0.4 is 4.80 Å². The molecule has 0 saturated carbocycles. The van der Waals surface area contributed by atoms with Crippen molar-refractivity contribution in [3.8, 4) is 0 Å². The fourth-order valence-electron chi connectivity index (χ4n) is 2.21. The lowest BCUT2D eigenvalue weighted by molar-refractivity contribution is -0.402. The van der Waals surface area contributed by atoms with E-state index in [0.29, 0.717) is 18.0 Å². The molecule has 0 unspecified atom stereocenters. The Morgan fingerprint density at radius 3 is 2.92 bits per heavy atom. The lowest BCUT2D eigenvalue weighted by Crippen LogP contribution is -2.19. The summed E-state index contributed by atoms with van der Waals surface area (Å²) in [4.78, 5) is 26.8. The second-order valence-corrected chi connectivity index (χ2v) is 6.88. The van der Waals surface area contributed by atoms with E-state index in [2.05, 4.69) is 20.9 Å². The molecular formula is C15H12BrN3O5S. The zero-order valence-electron chi connectivity index (χ0n) is 13.0. The molecule has 8 nitrogen and oxygen atoms in total. The van der Waals surface area contributed by atoms with Crippen molar-refractivity contribution < 1.29 is 18.9 Å². The Balaban J connectivity index is 2.07. The molecule has 3 rings (SSSR count). The number of ether oxygens (including phenoxy) is 1. The summed E-state index contributed by atoms with van der Waals surface area (Å²) in [6, 6.07) is 8.13. The van der Waals surface area contributed by atoms with Crippen molar-refractivity contribution in [1.29, 1.82) is 0 Å². The smallest absolute Gasteiger partial charge is 0.395 e. The molecule has 0 N–H and O–H groups in total. The van der Waals surface area contributed by atoms with Crippen LogP contribution in [0.4, 0.5) is 5.88 Å². The molecular weight excluding hydrogens is 414 g/mol. The number of nitro groups is 1. The lowest BCUT2D eigenvalue weighted by atomic mass is 10.3. The van der Waals surface area contributed by atoms with E-state index in [1.54, 1.807) is 7.11 Å². The predicted octanol–water partition coefficient (Wildman–Crippen LogP) is 3.35. The molecule has 3 aromatic rings. The number of halogens is 1. The van der Waals surface area contributed by atoms with Crippen molar-refractivity contribution >= 4 is 49.3 Å². The highest BCUT2D eigenvalue weighted by Gasteiger charge is 2.17. The largest absolute Gasteiger partial charge is 0.433 e. The van der Waals surface area contributed by atoms with Gasteiger partial charge in [-0.2, -0.15) is 4.99 Å². The monoisotopic (exact) mass is 425 g/mol. The molecule has 0 atom stereocenters. The van der Waals surface area contributed by atoms with Crippen molar-refractivity contribution in [3.05, 3.63) is 55.5 Å². The first kappa shape index (κ1) is 17.5. The Bertz CT molecular complexity index is 1020. The molecule has 2 aromatic heterocycles. The summed E-state index contributed by atoms with van der Waals surface area (Å²) >= 11 is 4.76. The van der Waals surface area contributed by atoms with Gasteiger partial charge < -0.3 is 13.7 Å². The van der Waals surface area contributed by atoms with Crippen molar-refractivity contribution in [3.63, 3.8) is 0 Å². The zero-order valence-corrected chi connectivity index (χ0v) is 15.4. The molecule has 130 valence electrons. The first-order valence-corrected chi connectivity index (χ1v) is 8.71. The molecule has 0 fully saturated rings. The van der Waals surface area contributed by atoms with Crippen LogP contribution in [0.5, 0.6) is 0 Å². The van der Waals surface area contributed by atoms with Gasteiger partial charge in [-0.3, -0.25) is 14.9 Å². The average molecular weight is 426 g/mol. The number of fused-ring (bicyclic) bond motifs is 1. The van der Waals surface area contributed by atoms with Gasteiger partial charge in [0, 0.05) is 18.1 Å². The normalized spacial score (nSPS) is 12.0. The van der Waals surface area contributed by atoms with Gasteiger partial charge in [-0.25, -0.2) is 0 Å². The number of methoxy groups -OCH3 is 1. The second kappa shape index (κ2) is 7.30. The van der Waals surface area contributed by atoms with Gasteiger partial charge in [0.2, 0.25) is 5.76 Å². The molecule has 0 radical (unpaired) electrons. The molecule has 2 heterocycles. The quantitative estimate of drug-likeness (QED) is 0.460. The van der Waals surface area contributed by atoms with Gasteiger partial charge in [0.1, 0.15) is 4.92 Å². The van der Waals surface area contributed by atoms with Crippen LogP contribution in [0.1, 0.15) is 10.6 Å². The van der Waals surface area contributed by atoms with E-state index < -0.39 is 16.7 Å². The van der Waals surface area contributed by atoms with Gasteiger partial charge in [0.05, 0.1) is 22.9 Å². The number of hydrogen-bond acceptors (Lipinski definition) is 6. The van der Waals surface area contributed by atoms with E-state index >= 15 is 0 Å². The Hall–Kier alpha value is -2.30. The first-order valence-electron chi connectivity index (χ1n) is 7.10. The van der Waals surface area contributed by atoms with E-state index in [1.165, 1.54) is 17.4 Å². The Kier molecular flexibility index (Phi) is 5.11. The number of nitrogens with zero attached hydrogens (tertiary/aromatic N) is 3. The van der Waals surface area contributed by atoms with Gasteiger partial charge >= 0.3 is 11.8 Å². The van der Waals surface area contributed by atoms with Crippen LogP contribution in [0.25, 0.3) is 10.2 Å². The predicted molar refractivity (Wildman–Crippen MR) is 94.6 cm³/mol. The van der Waals surface area contributed by atoms with Crippen molar-refractivity contribution in [1.82, 2.24) is 4.57 Å². The highest BCUT2D eigenvalue weighted by molar-refractivity contribution is 9.10. The van der Waals surface area contributed by atoms with Crippen molar-refractivity contribution in [2.45, 2.75) is 6.54 Å². The molecule has 0 bridgehead atoms. The lowest BCUT2D eigenvalue weighted by Gasteiger charge is -2.04. The van der Waals surface area contributed by atoms with Gasteiger partial charge in [0.15, 0.2) is 4.80 Å². The SMILES string of the molecule is COCCn1c(=NC(=O)c2ccc([N+](=O)[O-])o2)sc2cc(Br)ccc21. The fourth-order valence-corrected chi connectivity index (χ4v) is 3.82. The third kappa shape index (κ3) is 3.70. The van der Waals surface area contributed by atoms with Crippen molar-refractivity contribution in [2.24, 2.45) is 4.99 Å². The average Bonchev–Trinajstić information content (AvgIpc) is 3.17. The highest BCUT2D eigenvalue weighted by atomic mass is 79.9. The summed E-state index contributed by atoms with van der Waals surface area (Å²) < 4.78 is 13.8. The molecule has 0 aliphatic heterocycles. The highest BCUT2D eigenvalue weighted by Crippen LogP contribution is 2.22. The summed E-state index contributed by atoms with van der Waals surface area (Å²) in [6.07, 6.45) is 0. The van der Waals surface area contributed by atoms with Crippen LogP contribution in [0.2, 0.25) is 0 Å². The molecule has 0 saturated heterocycles. The van der Waals surface area contributed by atoms with Gasteiger partial charge in [-0.05, 0) is 24.3 Å². The molecule has 1 amide bonds. The molecule has 10 heteroatoms. The van der Waals surface area contributed by atoms with Crippen molar-refractivity contribution in [2.75, 3.05) is 13.7 Å². The van der Waals surface area contributed by atoms with Gasteiger partial charge in [0.25, 0.3) is 0 Å². The number of thiazole rings is 1. The third-order valence-electron chi connectivity index (χ3n) is 3.34. The Morgan fingerprint density at radius 1 is 1.44 bits per heavy atom. The van der Waals surface area contributed by atoms with Crippen LogP contribution in [-0.4, -0.2) is 29.1 Å². The van der Waals surface area contributed by atoms with Crippen LogP contribution in [-0.2, 0) is 11.3 Å². The van der Waals surface area contributed by atoms with Crippen LogP contribution in [0.15, 0.2) is 44.2 Å². The van der Waals surface area contributed by atoms with Gasteiger partial charge in [-0.15, -0.1) is 0 Å². The minimum Gasteiger partial charge on any atom is -0.395 e. The maximum Gasteiger partial charge on any atom is 0.433 e. The zero-order chi connectivity index (χ0) is 18.0. The maximum atomic E-state index is 12.3. The van der Waals surface area contributed by atoms with Crippen LogP contribution >= 0.6 is 27.3 Å². The molecule has 0 aliphatic carbocycles. The van der Waals surface area contributed by atoms with E-state index in [-0.39, 0.29) is 5.76 Å². The van der Waals surface area contributed by atoms with Crippen LogP contribution in [0.3, 0.4) is 0 Å². The minimum atomic E-state index is -0.702. The number of benzene rings is 1. The number of carbonyl (C=O) groups is 1. The molecule has 25 heavy (non-hydrogen) atoms. The molecule has 1 aromatic carbocycles. The number of amides is 1. The topological polar surface area (TPSA) is 99.9 Å². The molecule has 0 spiro atoms. The number of rotatable bonds is 5. The van der Waals surface area contributed by atoms with Crippen LogP contribution in [0, 0.1) is 10.1 Å². The Labute approximate surface area is 153 Å². The summed E-state index contributed by atoms with van der Waals surface area (Å²) in [5, 5.41) is 10.7. The molecule has 0 aliphatic rings. The second-order valence-electron chi connectivity index (χ2n) is 4.95. The summed E-state index contributed by atoms with van der Waals surface area (Å²) in [5.41, 5.74) is 0.919. The first-order chi connectivity index (χ1) is 12.0. The standard InChI is InChI=1S/C15H12BrN3O5S/c1-23-7-6-18-10-3-2-9(16)8-12(10)25-15(18)17-14(20)11-4-5-13(24-11)19(21)22/h2-5,8H,6-7H2,1H3. The number of aromatic nitrogens is 1. The Morgan fingerprint density at radius 2 is 2.24 bits per heavy atom. The summed E-state index contributed by atoms with van der Waals surface area (Å²) in [5.74, 6) is -1.35. The van der Waals surface area contributed by atoms with E-state index in [4.69, 9.17) is 9.15 Å². The van der Waals surface area contributed by atoms with E-state index in [0.717, 1.165) is 20.8 Å². The summed E-state index contributed by atoms with van der Waals surface area (Å²) in [6.45, 7) is 0.970. The third-order valence-corrected chi connectivity index (χ3v) is 4.88. The van der Waals surface area contributed by atoms with E-state index in [9.17, 15) is 14.9 Å². The maximum absolute atomic E-state index is 12.3. The minimum absolute atomic E-state index is 0.177. The number of carbonyl (C=O) groups excluding carboxylic acids is 1. The number of furan rings is 1.